The highest BCUT2D eigenvalue weighted by Crippen LogP contribution is 2.22. The van der Waals surface area contributed by atoms with E-state index in [2.05, 4.69) is 15.2 Å². The highest BCUT2D eigenvalue weighted by Gasteiger charge is 2.24. The Morgan fingerprint density at radius 2 is 1.94 bits per heavy atom. The Balaban J connectivity index is 1.20. The van der Waals surface area contributed by atoms with Crippen LogP contribution in [0.4, 0.5) is 0 Å². The van der Waals surface area contributed by atoms with Gasteiger partial charge in [-0.15, -0.1) is 5.10 Å². The van der Waals surface area contributed by atoms with Gasteiger partial charge in [-0.1, -0.05) is 18.2 Å². The van der Waals surface area contributed by atoms with Gasteiger partial charge in [-0.3, -0.25) is 9.59 Å². The number of hydrogen-bond donors (Lipinski definition) is 1. The number of likely N-dealkylation sites (tertiary alicyclic amines) is 1. The molecule has 1 N–H and O–H groups in total. The number of rotatable bonds is 5. The first-order chi connectivity index (χ1) is 15.2. The van der Waals surface area contributed by atoms with Crippen LogP contribution in [0.1, 0.15) is 18.4 Å². The first kappa shape index (κ1) is 19.3. The molecule has 0 radical (unpaired) electrons. The van der Waals surface area contributed by atoms with E-state index >= 15 is 0 Å². The van der Waals surface area contributed by atoms with Crippen LogP contribution in [-0.2, 0) is 17.8 Å². The number of fused-ring (bicyclic) bond motifs is 1. The van der Waals surface area contributed by atoms with Gasteiger partial charge in [0.1, 0.15) is 0 Å². The van der Waals surface area contributed by atoms with Crippen molar-refractivity contribution >= 4 is 16.8 Å². The van der Waals surface area contributed by atoms with Gasteiger partial charge in [0.25, 0.3) is 5.56 Å². The topological polar surface area (TPSA) is 88.8 Å². The molecule has 0 bridgehead atoms. The molecule has 3 aromatic heterocycles. The summed E-state index contributed by atoms with van der Waals surface area (Å²) in [5, 5.41) is 9.74. The molecule has 0 saturated carbocycles. The van der Waals surface area contributed by atoms with Gasteiger partial charge < -0.3 is 9.88 Å². The lowest BCUT2D eigenvalue weighted by molar-refractivity contribution is -0.131. The van der Waals surface area contributed by atoms with Crippen molar-refractivity contribution in [1.29, 1.82) is 0 Å². The molecule has 0 aliphatic carbocycles. The average molecular weight is 416 g/mol. The molecule has 0 atom stereocenters. The van der Waals surface area contributed by atoms with Crippen LogP contribution in [0.5, 0.6) is 0 Å². The molecule has 8 heteroatoms. The molecular weight excluding hydrogens is 392 g/mol. The maximum absolute atomic E-state index is 12.8. The second kappa shape index (κ2) is 8.22. The molecule has 31 heavy (non-hydrogen) atoms. The van der Waals surface area contributed by atoms with Crippen LogP contribution in [-0.4, -0.2) is 48.4 Å². The van der Waals surface area contributed by atoms with Crippen LogP contribution in [0.15, 0.2) is 65.8 Å². The Morgan fingerprint density at radius 3 is 2.74 bits per heavy atom. The van der Waals surface area contributed by atoms with Crippen molar-refractivity contribution in [3.05, 3.63) is 77.0 Å². The fourth-order valence-electron chi connectivity index (χ4n) is 4.26. The number of amides is 1. The molecule has 0 unspecified atom stereocenters. The third-order valence-electron chi connectivity index (χ3n) is 6.01. The number of nitrogens with one attached hydrogen (secondary N) is 1. The second-order valence-electron chi connectivity index (χ2n) is 8.02. The fraction of sp³-hybridized carbons (Fsp3) is 0.304. The minimum atomic E-state index is -0.117. The third-order valence-corrected chi connectivity index (χ3v) is 6.01. The molecule has 1 aromatic carbocycles. The van der Waals surface area contributed by atoms with E-state index in [4.69, 9.17) is 0 Å². The molecule has 158 valence electrons. The van der Waals surface area contributed by atoms with E-state index in [0.717, 1.165) is 29.3 Å². The Bertz CT molecular complexity index is 1250. The number of H-pyrrole nitrogens is 1. The predicted molar refractivity (Wildman–Crippen MR) is 117 cm³/mol. The summed E-state index contributed by atoms with van der Waals surface area (Å²) >= 11 is 0. The number of aromatic amines is 1. The molecule has 0 spiro atoms. The van der Waals surface area contributed by atoms with Gasteiger partial charge in [0.2, 0.25) is 5.91 Å². The molecule has 1 saturated heterocycles. The van der Waals surface area contributed by atoms with E-state index in [0.29, 0.717) is 37.8 Å². The van der Waals surface area contributed by atoms with E-state index in [1.807, 2.05) is 41.4 Å². The van der Waals surface area contributed by atoms with Crippen LogP contribution in [0, 0.1) is 5.92 Å². The van der Waals surface area contributed by atoms with Gasteiger partial charge >= 0.3 is 0 Å². The number of nitrogens with zero attached hydrogens (tertiary/aromatic N) is 5. The van der Waals surface area contributed by atoms with Gasteiger partial charge in [0.15, 0.2) is 5.82 Å². The average Bonchev–Trinajstić information content (AvgIpc) is 3.47. The van der Waals surface area contributed by atoms with Gasteiger partial charge in [-0.25, -0.2) is 9.36 Å². The zero-order chi connectivity index (χ0) is 21.2. The number of piperidine rings is 1. The first-order valence-corrected chi connectivity index (χ1v) is 10.6. The van der Waals surface area contributed by atoms with Gasteiger partial charge in [0.05, 0.1) is 6.42 Å². The lowest BCUT2D eigenvalue weighted by atomic mass is 9.96. The van der Waals surface area contributed by atoms with Gasteiger partial charge in [-0.2, -0.15) is 5.10 Å². The summed E-state index contributed by atoms with van der Waals surface area (Å²) in [7, 11) is 0. The van der Waals surface area contributed by atoms with Crippen molar-refractivity contribution in [2.45, 2.75) is 25.8 Å². The van der Waals surface area contributed by atoms with Crippen molar-refractivity contribution in [2.24, 2.45) is 5.92 Å². The quantitative estimate of drug-likeness (QED) is 0.541. The van der Waals surface area contributed by atoms with E-state index in [9.17, 15) is 9.59 Å². The number of benzene rings is 1. The minimum absolute atomic E-state index is 0.117. The summed E-state index contributed by atoms with van der Waals surface area (Å²) in [4.78, 5) is 30.3. The molecule has 1 aliphatic rings. The predicted octanol–water partition coefficient (Wildman–Crippen LogP) is 2.39. The van der Waals surface area contributed by atoms with Crippen molar-refractivity contribution < 1.29 is 4.79 Å². The molecule has 1 amide bonds. The van der Waals surface area contributed by atoms with E-state index in [1.54, 1.807) is 23.1 Å². The van der Waals surface area contributed by atoms with Crippen LogP contribution in [0.25, 0.3) is 16.7 Å². The van der Waals surface area contributed by atoms with Crippen molar-refractivity contribution in [2.75, 3.05) is 13.1 Å². The van der Waals surface area contributed by atoms with Crippen LogP contribution >= 0.6 is 0 Å². The normalized spacial score (nSPS) is 14.9. The smallest absolute Gasteiger partial charge is 0.266 e. The third kappa shape index (κ3) is 4.01. The largest absolute Gasteiger partial charge is 0.361 e. The highest BCUT2D eigenvalue weighted by atomic mass is 16.2. The Labute approximate surface area is 179 Å². The molecule has 1 fully saturated rings. The molecule has 4 aromatic rings. The standard InChI is InChI=1S/C23H24N6O2/c30-22-7-6-21(28-11-3-10-25-28)26-29(22)16-17-8-12-27(13-9-17)23(31)14-18-15-24-20-5-2-1-4-19(18)20/h1-7,10-11,15,17,24H,8-9,12-14,16H2. The Morgan fingerprint density at radius 1 is 1.10 bits per heavy atom. The van der Waals surface area contributed by atoms with Crippen LogP contribution in [0.3, 0.4) is 0 Å². The summed E-state index contributed by atoms with van der Waals surface area (Å²) in [6.45, 7) is 1.97. The minimum Gasteiger partial charge on any atom is -0.361 e. The Hall–Kier alpha value is -3.68. The Kier molecular flexibility index (Phi) is 5.11. The summed E-state index contributed by atoms with van der Waals surface area (Å²) in [6, 6.07) is 13.1. The monoisotopic (exact) mass is 416 g/mol. The summed E-state index contributed by atoms with van der Waals surface area (Å²) < 4.78 is 3.16. The molecule has 1 aliphatic heterocycles. The van der Waals surface area contributed by atoms with Crippen LogP contribution in [0.2, 0.25) is 0 Å². The van der Waals surface area contributed by atoms with Gasteiger partial charge in [0, 0.05) is 55.2 Å². The molecule has 8 nitrogen and oxygen atoms in total. The van der Waals surface area contributed by atoms with E-state index < -0.39 is 0 Å². The second-order valence-corrected chi connectivity index (χ2v) is 8.02. The highest BCUT2D eigenvalue weighted by molar-refractivity contribution is 5.88. The maximum Gasteiger partial charge on any atom is 0.266 e. The zero-order valence-electron chi connectivity index (χ0n) is 17.1. The van der Waals surface area contributed by atoms with Gasteiger partial charge in [-0.05, 0) is 42.5 Å². The van der Waals surface area contributed by atoms with Crippen molar-refractivity contribution in [1.82, 2.24) is 29.4 Å². The summed E-state index contributed by atoms with van der Waals surface area (Å²) in [5.41, 5.74) is 1.97. The number of carbonyl (C=O) groups excluding carboxylic acids is 1. The lowest BCUT2D eigenvalue weighted by Crippen LogP contribution is -2.41. The van der Waals surface area contributed by atoms with Crippen LogP contribution < -0.4 is 5.56 Å². The number of carbonyl (C=O) groups is 1. The number of hydrogen-bond acceptors (Lipinski definition) is 4. The first-order valence-electron chi connectivity index (χ1n) is 10.6. The summed E-state index contributed by atoms with van der Waals surface area (Å²) in [6.07, 6.45) is 7.54. The summed E-state index contributed by atoms with van der Waals surface area (Å²) in [5.74, 6) is 1.09. The van der Waals surface area contributed by atoms with E-state index in [1.165, 1.54) is 10.7 Å². The maximum atomic E-state index is 12.8. The van der Waals surface area contributed by atoms with Crippen molar-refractivity contribution in [3.63, 3.8) is 0 Å². The number of aromatic nitrogens is 5. The fourth-order valence-corrected chi connectivity index (χ4v) is 4.26. The zero-order valence-corrected chi connectivity index (χ0v) is 17.1. The SMILES string of the molecule is O=C(Cc1c[nH]c2ccccc12)N1CCC(Cn2nc(-n3cccn3)ccc2=O)CC1. The number of para-hydroxylation sites is 1. The molecule has 4 heterocycles. The van der Waals surface area contributed by atoms with E-state index in [-0.39, 0.29) is 11.5 Å². The lowest BCUT2D eigenvalue weighted by Gasteiger charge is -2.32. The molecule has 5 rings (SSSR count). The van der Waals surface area contributed by atoms with Crippen molar-refractivity contribution in [3.8, 4) is 5.82 Å². The molecular formula is C23H24N6O2.